The lowest BCUT2D eigenvalue weighted by atomic mass is 10.1. The second-order valence-corrected chi connectivity index (χ2v) is 5.94. The van der Waals surface area contributed by atoms with E-state index in [9.17, 15) is 13.2 Å². The number of alkyl halides is 3. The van der Waals surface area contributed by atoms with Gasteiger partial charge in [0.05, 0.1) is 16.8 Å². The van der Waals surface area contributed by atoms with Crippen LogP contribution < -0.4 is 0 Å². The molecule has 4 rings (SSSR count). The number of hydrogen-bond acceptors (Lipinski definition) is 2. The Kier molecular flexibility index (Phi) is 6.12. The molecule has 29 heavy (non-hydrogen) atoms. The zero-order valence-corrected chi connectivity index (χ0v) is 16.1. The van der Waals surface area contributed by atoms with Gasteiger partial charge in [0.15, 0.2) is 0 Å². The van der Waals surface area contributed by atoms with E-state index in [1.54, 1.807) is 22.7 Å². The molecule has 3 aromatic heterocycles. The maximum Gasteiger partial charge on any atom is 0.417 e. The Morgan fingerprint density at radius 3 is 2.34 bits per heavy atom. The summed E-state index contributed by atoms with van der Waals surface area (Å²) in [7, 11) is 0. The molecule has 0 radical (unpaired) electrons. The van der Waals surface area contributed by atoms with E-state index in [0.29, 0.717) is 5.69 Å². The molecule has 0 atom stereocenters. The van der Waals surface area contributed by atoms with Gasteiger partial charge in [-0.1, -0.05) is 56.3 Å². The molecule has 0 saturated carbocycles. The van der Waals surface area contributed by atoms with E-state index in [2.05, 4.69) is 9.97 Å². The minimum Gasteiger partial charge on any atom is -0.299 e. The average molecular weight is 395 g/mol. The number of benzene rings is 1. The lowest BCUT2D eigenvalue weighted by Gasteiger charge is -2.11. The molecular formula is C23H20F3N3. The standard InChI is InChI=1S/C21H14F3N3.C2H6/c22-21(23,24)17-11-12-25-14-16(17)20-26-18(19-8-4-5-13-27(19)20)10-9-15-6-2-1-3-7-15;1-2/h1-14H;1-2H3/b10-9+;. The van der Waals surface area contributed by atoms with Crippen molar-refractivity contribution in [3.63, 3.8) is 0 Å². The molecule has 0 saturated heterocycles. The van der Waals surface area contributed by atoms with Gasteiger partial charge in [0.1, 0.15) is 5.82 Å². The van der Waals surface area contributed by atoms with E-state index < -0.39 is 11.7 Å². The second-order valence-electron chi connectivity index (χ2n) is 5.94. The van der Waals surface area contributed by atoms with Crippen LogP contribution in [-0.4, -0.2) is 14.4 Å². The molecule has 3 heterocycles. The van der Waals surface area contributed by atoms with Crippen LogP contribution in [0.3, 0.4) is 0 Å². The van der Waals surface area contributed by atoms with Crippen molar-refractivity contribution in [1.29, 1.82) is 0 Å². The summed E-state index contributed by atoms with van der Waals surface area (Å²) in [5.74, 6) is 0.207. The molecule has 0 N–H and O–H groups in total. The van der Waals surface area contributed by atoms with Gasteiger partial charge in [0.2, 0.25) is 0 Å². The van der Waals surface area contributed by atoms with Crippen LogP contribution in [0.1, 0.15) is 30.7 Å². The molecule has 0 aliphatic rings. The van der Waals surface area contributed by atoms with Crippen molar-refractivity contribution >= 4 is 17.7 Å². The first kappa shape index (κ1) is 20.3. The van der Waals surface area contributed by atoms with E-state index in [0.717, 1.165) is 23.3 Å². The van der Waals surface area contributed by atoms with Gasteiger partial charge in [-0.2, -0.15) is 13.2 Å². The molecule has 0 bridgehead atoms. The second kappa shape index (κ2) is 8.73. The number of nitrogens with zero attached hydrogens (tertiary/aromatic N) is 3. The minimum absolute atomic E-state index is 0.0504. The Labute approximate surface area is 167 Å². The topological polar surface area (TPSA) is 30.2 Å². The van der Waals surface area contributed by atoms with Gasteiger partial charge >= 0.3 is 6.18 Å². The number of hydrogen-bond donors (Lipinski definition) is 0. The van der Waals surface area contributed by atoms with Gasteiger partial charge in [-0.15, -0.1) is 0 Å². The fourth-order valence-electron chi connectivity index (χ4n) is 2.93. The van der Waals surface area contributed by atoms with Crippen molar-refractivity contribution in [3.05, 3.63) is 90.0 Å². The van der Waals surface area contributed by atoms with E-state index >= 15 is 0 Å². The number of pyridine rings is 2. The molecule has 0 spiro atoms. The number of fused-ring (bicyclic) bond motifs is 1. The molecule has 148 valence electrons. The molecule has 0 aliphatic heterocycles. The third-order valence-corrected chi connectivity index (χ3v) is 4.18. The molecule has 4 aromatic rings. The Morgan fingerprint density at radius 1 is 0.897 bits per heavy atom. The molecule has 1 aromatic carbocycles. The van der Waals surface area contributed by atoms with Crippen LogP contribution in [0, 0.1) is 0 Å². The van der Waals surface area contributed by atoms with Crippen LogP contribution >= 0.6 is 0 Å². The first-order valence-corrected chi connectivity index (χ1v) is 9.26. The molecule has 0 amide bonds. The monoisotopic (exact) mass is 395 g/mol. The maximum absolute atomic E-state index is 13.4. The summed E-state index contributed by atoms with van der Waals surface area (Å²) in [6, 6.07) is 16.0. The smallest absolute Gasteiger partial charge is 0.299 e. The normalized spacial score (nSPS) is 11.5. The third-order valence-electron chi connectivity index (χ3n) is 4.18. The highest BCUT2D eigenvalue weighted by Gasteiger charge is 2.34. The summed E-state index contributed by atoms with van der Waals surface area (Å²) in [5.41, 5.74) is 1.48. The highest BCUT2D eigenvalue weighted by atomic mass is 19.4. The van der Waals surface area contributed by atoms with Crippen LogP contribution in [0.25, 0.3) is 29.1 Å². The quantitative estimate of drug-likeness (QED) is 0.391. The molecule has 0 aliphatic carbocycles. The summed E-state index contributed by atoms with van der Waals surface area (Å²) in [4.78, 5) is 8.36. The SMILES string of the molecule is CC.FC(F)(F)c1ccncc1-c1nc(/C=C/c2ccccc2)c2ccccn12. The lowest BCUT2D eigenvalue weighted by molar-refractivity contribution is -0.137. The van der Waals surface area contributed by atoms with Gasteiger partial charge in [-0.3, -0.25) is 9.38 Å². The van der Waals surface area contributed by atoms with Gasteiger partial charge in [0, 0.05) is 24.2 Å². The van der Waals surface area contributed by atoms with Gasteiger partial charge in [0.25, 0.3) is 0 Å². The highest BCUT2D eigenvalue weighted by Crippen LogP contribution is 2.36. The average Bonchev–Trinajstić information content (AvgIpc) is 3.12. The summed E-state index contributed by atoms with van der Waals surface area (Å²) in [6.07, 6.45) is 3.24. The number of imidazole rings is 1. The van der Waals surface area contributed by atoms with Crippen LogP contribution in [0.15, 0.2) is 73.2 Å². The van der Waals surface area contributed by atoms with Crippen molar-refractivity contribution in [2.45, 2.75) is 20.0 Å². The van der Waals surface area contributed by atoms with Crippen molar-refractivity contribution in [1.82, 2.24) is 14.4 Å². The van der Waals surface area contributed by atoms with Gasteiger partial charge in [-0.25, -0.2) is 4.98 Å². The van der Waals surface area contributed by atoms with E-state index in [-0.39, 0.29) is 11.4 Å². The predicted octanol–water partition coefficient (Wildman–Crippen LogP) is 6.61. The highest BCUT2D eigenvalue weighted by molar-refractivity contribution is 5.79. The zero-order chi connectivity index (χ0) is 20.9. The molecule has 0 fully saturated rings. The van der Waals surface area contributed by atoms with Crippen molar-refractivity contribution in [2.24, 2.45) is 0 Å². The summed E-state index contributed by atoms with van der Waals surface area (Å²) in [5, 5.41) is 0. The van der Waals surface area contributed by atoms with E-state index in [4.69, 9.17) is 0 Å². The van der Waals surface area contributed by atoms with Crippen LogP contribution in [0.5, 0.6) is 0 Å². The Hall–Kier alpha value is -3.41. The van der Waals surface area contributed by atoms with E-state index in [1.807, 2.05) is 62.4 Å². The third kappa shape index (κ3) is 4.37. The Balaban J connectivity index is 0.00000117. The number of rotatable bonds is 3. The Morgan fingerprint density at radius 2 is 1.62 bits per heavy atom. The van der Waals surface area contributed by atoms with Crippen LogP contribution in [0.4, 0.5) is 13.2 Å². The van der Waals surface area contributed by atoms with Crippen LogP contribution in [0.2, 0.25) is 0 Å². The Bertz CT molecular complexity index is 1110. The zero-order valence-electron chi connectivity index (χ0n) is 16.1. The lowest BCUT2D eigenvalue weighted by Crippen LogP contribution is -2.08. The molecule has 0 unspecified atom stereocenters. The van der Waals surface area contributed by atoms with Crippen LogP contribution in [-0.2, 0) is 6.18 Å². The predicted molar refractivity (Wildman–Crippen MR) is 110 cm³/mol. The first-order valence-electron chi connectivity index (χ1n) is 9.26. The largest absolute Gasteiger partial charge is 0.417 e. The summed E-state index contributed by atoms with van der Waals surface area (Å²) in [6.45, 7) is 4.00. The van der Waals surface area contributed by atoms with Crippen molar-refractivity contribution in [2.75, 3.05) is 0 Å². The summed E-state index contributed by atoms with van der Waals surface area (Å²) < 4.78 is 41.9. The molecule has 6 heteroatoms. The first-order chi connectivity index (χ1) is 14.0. The van der Waals surface area contributed by atoms with E-state index in [1.165, 1.54) is 6.20 Å². The van der Waals surface area contributed by atoms with Crippen molar-refractivity contribution < 1.29 is 13.2 Å². The van der Waals surface area contributed by atoms with Crippen molar-refractivity contribution in [3.8, 4) is 11.4 Å². The fourth-order valence-corrected chi connectivity index (χ4v) is 2.93. The number of halogens is 3. The van der Waals surface area contributed by atoms with Gasteiger partial charge in [-0.05, 0) is 29.8 Å². The van der Waals surface area contributed by atoms with Gasteiger partial charge < -0.3 is 0 Å². The minimum atomic E-state index is -4.49. The number of aromatic nitrogens is 3. The fraction of sp³-hybridized carbons (Fsp3) is 0.130. The molecular weight excluding hydrogens is 375 g/mol. The molecule has 3 nitrogen and oxygen atoms in total. The maximum atomic E-state index is 13.4. The summed E-state index contributed by atoms with van der Waals surface area (Å²) >= 11 is 0.